The molecule has 1 aliphatic carbocycles. The van der Waals surface area contributed by atoms with E-state index >= 15 is 0 Å². The van der Waals surface area contributed by atoms with Gasteiger partial charge in [0, 0.05) is 19.1 Å². The van der Waals surface area contributed by atoms with Crippen LogP contribution in [0.15, 0.2) is 0 Å². The molecule has 0 bridgehead atoms. The highest BCUT2D eigenvalue weighted by atomic mass is 16.5. The third-order valence-electron chi connectivity index (χ3n) is 4.01. The maximum Gasteiger partial charge on any atom is 0.306 e. The number of rotatable bonds is 7. The van der Waals surface area contributed by atoms with Gasteiger partial charge >= 0.3 is 5.97 Å². The van der Waals surface area contributed by atoms with Gasteiger partial charge in [-0.3, -0.25) is 14.5 Å². The number of hydrogen-bond donors (Lipinski definition) is 0. The van der Waals surface area contributed by atoms with Gasteiger partial charge in [0.15, 0.2) is 0 Å². The number of amides is 1. The molecular weight excluding hydrogens is 256 g/mol. The number of esters is 1. The van der Waals surface area contributed by atoms with E-state index in [1.165, 1.54) is 26.4 Å². The first kappa shape index (κ1) is 17.0. The van der Waals surface area contributed by atoms with Crippen LogP contribution >= 0.6 is 0 Å². The molecule has 1 amide bonds. The summed E-state index contributed by atoms with van der Waals surface area (Å²) in [5.41, 5.74) is 0. The van der Waals surface area contributed by atoms with Gasteiger partial charge in [0.25, 0.3) is 0 Å². The number of carbonyl (C=O) groups excluding carboxylic acids is 2. The molecule has 0 spiro atoms. The van der Waals surface area contributed by atoms with Crippen molar-refractivity contribution >= 4 is 11.9 Å². The second kappa shape index (κ2) is 8.95. The van der Waals surface area contributed by atoms with Gasteiger partial charge in [-0.25, -0.2) is 0 Å². The van der Waals surface area contributed by atoms with E-state index in [1.54, 1.807) is 0 Å². The second-order valence-electron chi connectivity index (χ2n) is 5.54. The van der Waals surface area contributed by atoms with Gasteiger partial charge in [-0.15, -0.1) is 0 Å². The summed E-state index contributed by atoms with van der Waals surface area (Å²) in [7, 11) is 3.25. The zero-order valence-electron chi connectivity index (χ0n) is 13.1. The first-order valence-corrected chi connectivity index (χ1v) is 7.63. The van der Waals surface area contributed by atoms with Crippen molar-refractivity contribution in [3.63, 3.8) is 0 Å². The van der Waals surface area contributed by atoms with Crippen molar-refractivity contribution in [2.45, 2.75) is 51.5 Å². The molecule has 1 aliphatic rings. The second-order valence-corrected chi connectivity index (χ2v) is 5.54. The summed E-state index contributed by atoms with van der Waals surface area (Å²) >= 11 is 0. The zero-order valence-corrected chi connectivity index (χ0v) is 13.1. The van der Waals surface area contributed by atoms with Crippen LogP contribution in [-0.2, 0) is 14.3 Å². The molecule has 0 unspecified atom stereocenters. The van der Waals surface area contributed by atoms with Crippen LogP contribution in [0.25, 0.3) is 0 Å². The SMILES string of the molecule is CCN(C(=O)CN(C)CCC(=O)OC)C1CCCCC1. The normalized spacial score (nSPS) is 16.2. The molecule has 0 aliphatic heterocycles. The summed E-state index contributed by atoms with van der Waals surface area (Å²) in [5, 5.41) is 0. The smallest absolute Gasteiger partial charge is 0.306 e. The molecule has 0 atom stereocenters. The van der Waals surface area contributed by atoms with Gasteiger partial charge in [0.2, 0.25) is 5.91 Å². The maximum absolute atomic E-state index is 12.4. The monoisotopic (exact) mass is 284 g/mol. The Labute approximate surface area is 122 Å². The minimum Gasteiger partial charge on any atom is -0.469 e. The molecule has 0 aromatic heterocycles. The predicted molar refractivity (Wildman–Crippen MR) is 78.4 cm³/mol. The third kappa shape index (κ3) is 5.49. The van der Waals surface area contributed by atoms with Crippen LogP contribution in [0.2, 0.25) is 0 Å². The van der Waals surface area contributed by atoms with E-state index in [4.69, 9.17) is 0 Å². The van der Waals surface area contributed by atoms with E-state index in [0.717, 1.165) is 19.4 Å². The van der Waals surface area contributed by atoms with Crippen LogP contribution in [0.3, 0.4) is 0 Å². The Hall–Kier alpha value is -1.10. The minimum atomic E-state index is -0.232. The standard InChI is InChI=1S/C15H28N2O3/c1-4-17(13-8-6-5-7-9-13)14(18)12-16(2)11-10-15(19)20-3/h13H,4-12H2,1-3H3. The first-order chi connectivity index (χ1) is 9.58. The van der Waals surface area contributed by atoms with Crippen LogP contribution in [-0.4, -0.2) is 61.5 Å². The van der Waals surface area contributed by atoms with Gasteiger partial charge in [-0.1, -0.05) is 19.3 Å². The summed E-state index contributed by atoms with van der Waals surface area (Å²) in [6, 6.07) is 0.412. The Balaban J connectivity index is 2.39. The van der Waals surface area contributed by atoms with Crippen LogP contribution in [0.1, 0.15) is 45.4 Å². The van der Waals surface area contributed by atoms with Crippen molar-refractivity contribution in [3.05, 3.63) is 0 Å². The molecule has 0 heterocycles. The summed E-state index contributed by atoms with van der Waals surface area (Å²) < 4.78 is 4.61. The largest absolute Gasteiger partial charge is 0.469 e. The molecular formula is C15H28N2O3. The Morgan fingerprint density at radius 1 is 1.20 bits per heavy atom. The van der Waals surface area contributed by atoms with Crippen molar-refractivity contribution in [2.75, 3.05) is 33.8 Å². The highest BCUT2D eigenvalue weighted by Gasteiger charge is 2.24. The fourth-order valence-corrected chi connectivity index (χ4v) is 2.82. The van der Waals surface area contributed by atoms with Crippen LogP contribution in [0.4, 0.5) is 0 Å². The van der Waals surface area contributed by atoms with E-state index in [-0.39, 0.29) is 11.9 Å². The van der Waals surface area contributed by atoms with Crippen molar-refractivity contribution in [3.8, 4) is 0 Å². The lowest BCUT2D eigenvalue weighted by molar-refractivity contribution is -0.142. The lowest BCUT2D eigenvalue weighted by atomic mass is 9.94. The molecule has 0 aromatic carbocycles. The summed E-state index contributed by atoms with van der Waals surface area (Å²) in [5.74, 6) is -0.0595. The van der Waals surface area contributed by atoms with Gasteiger partial charge in [-0.05, 0) is 26.8 Å². The van der Waals surface area contributed by atoms with Crippen molar-refractivity contribution in [1.82, 2.24) is 9.80 Å². The number of likely N-dealkylation sites (N-methyl/N-ethyl adjacent to an activating group) is 2. The fraction of sp³-hybridized carbons (Fsp3) is 0.867. The van der Waals surface area contributed by atoms with Crippen LogP contribution in [0.5, 0.6) is 0 Å². The fourth-order valence-electron chi connectivity index (χ4n) is 2.82. The maximum atomic E-state index is 12.4. The number of methoxy groups -OCH3 is 1. The highest BCUT2D eigenvalue weighted by Crippen LogP contribution is 2.22. The highest BCUT2D eigenvalue weighted by molar-refractivity contribution is 5.78. The third-order valence-corrected chi connectivity index (χ3v) is 4.01. The molecule has 0 radical (unpaired) electrons. The van der Waals surface area contributed by atoms with Gasteiger partial charge < -0.3 is 9.64 Å². The van der Waals surface area contributed by atoms with Crippen molar-refractivity contribution < 1.29 is 14.3 Å². The Kier molecular flexibility index (Phi) is 7.59. The lowest BCUT2D eigenvalue weighted by Crippen LogP contribution is -2.45. The average molecular weight is 284 g/mol. The summed E-state index contributed by atoms with van der Waals surface area (Å²) in [4.78, 5) is 27.4. The quantitative estimate of drug-likeness (QED) is 0.667. The molecule has 116 valence electrons. The molecule has 0 saturated heterocycles. The van der Waals surface area contributed by atoms with E-state index in [2.05, 4.69) is 4.74 Å². The molecule has 20 heavy (non-hydrogen) atoms. The number of ether oxygens (including phenoxy) is 1. The Morgan fingerprint density at radius 3 is 2.40 bits per heavy atom. The van der Waals surface area contributed by atoms with Crippen molar-refractivity contribution in [1.29, 1.82) is 0 Å². The molecule has 1 saturated carbocycles. The average Bonchev–Trinajstić information content (AvgIpc) is 2.46. The molecule has 5 heteroatoms. The minimum absolute atomic E-state index is 0.173. The van der Waals surface area contributed by atoms with Gasteiger partial charge in [0.05, 0.1) is 20.1 Å². The Morgan fingerprint density at radius 2 is 1.85 bits per heavy atom. The predicted octanol–water partition coefficient (Wildman–Crippen LogP) is 1.66. The summed E-state index contributed by atoms with van der Waals surface area (Å²) in [6.07, 6.45) is 6.34. The van der Waals surface area contributed by atoms with Crippen molar-refractivity contribution in [2.24, 2.45) is 0 Å². The van der Waals surface area contributed by atoms with E-state index in [9.17, 15) is 9.59 Å². The summed E-state index contributed by atoms with van der Waals surface area (Å²) in [6.45, 7) is 3.75. The number of carbonyl (C=O) groups is 2. The van der Waals surface area contributed by atoms with Crippen LogP contribution in [0, 0.1) is 0 Å². The van der Waals surface area contributed by atoms with Gasteiger partial charge in [-0.2, -0.15) is 0 Å². The van der Waals surface area contributed by atoms with Crippen LogP contribution < -0.4 is 0 Å². The zero-order chi connectivity index (χ0) is 15.0. The van der Waals surface area contributed by atoms with E-state index in [0.29, 0.717) is 25.6 Å². The molecule has 0 N–H and O–H groups in total. The van der Waals surface area contributed by atoms with E-state index < -0.39 is 0 Å². The van der Waals surface area contributed by atoms with Gasteiger partial charge in [0.1, 0.15) is 0 Å². The molecule has 5 nitrogen and oxygen atoms in total. The first-order valence-electron chi connectivity index (χ1n) is 7.63. The lowest BCUT2D eigenvalue weighted by Gasteiger charge is -2.34. The number of nitrogens with zero attached hydrogens (tertiary/aromatic N) is 2. The van der Waals surface area contributed by atoms with E-state index in [1.807, 2.05) is 23.8 Å². The number of hydrogen-bond acceptors (Lipinski definition) is 4. The topological polar surface area (TPSA) is 49.9 Å². The molecule has 0 aromatic rings. The molecule has 1 fully saturated rings. The molecule has 1 rings (SSSR count). The Bertz CT molecular complexity index is 314.